The fraction of sp³-hybridized carbons (Fsp3) is 0.250. The normalized spacial score (nSPS) is 11.8. The minimum Gasteiger partial charge on any atom is -0.445 e. The molecule has 0 heterocycles. The smallest absolute Gasteiger partial charge is 0.445 e. The van der Waals surface area contributed by atoms with Crippen LogP contribution in [0.2, 0.25) is 0 Å². The predicted octanol–water partition coefficient (Wildman–Crippen LogP) is 1.09. The lowest BCUT2D eigenvalue weighted by Gasteiger charge is -2.18. The van der Waals surface area contributed by atoms with E-state index in [1.165, 1.54) is 0 Å². The van der Waals surface area contributed by atoms with Crippen molar-refractivity contribution in [2.75, 3.05) is 5.73 Å². The monoisotopic (exact) mass is 203 g/mol. The molecule has 0 amide bonds. The fourth-order valence-corrected chi connectivity index (χ4v) is 1.23. The highest BCUT2D eigenvalue weighted by molar-refractivity contribution is 6.73. The van der Waals surface area contributed by atoms with E-state index < -0.39 is 12.4 Å². The lowest BCUT2D eigenvalue weighted by Crippen LogP contribution is -2.35. The van der Waals surface area contributed by atoms with Crippen LogP contribution in [0.1, 0.15) is 11.1 Å². The molecule has 0 bridgehead atoms. The van der Waals surface area contributed by atoms with Gasteiger partial charge >= 0.3 is 6.98 Å². The summed E-state index contributed by atoms with van der Waals surface area (Å²) in [7, 11) is 0. The van der Waals surface area contributed by atoms with Gasteiger partial charge in [0, 0.05) is 12.2 Å². The number of rotatable bonds is 2. The molecule has 0 aliphatic carbocycles. The highest BCUT2D eigenvalue weighted by Crippen LogP contribution is 2.18. The van der Waals surface area contributed by atoms with E-state index in [9.17, 15) is 12.9 Å². The molecule has 14 heavy (non-hydrogen) atoms. The van der Waals surface area contributed by atoms with Gasteiger partial charge in [-0.25, -0.2) is 0 Å². The molecule has 1 rings (SSSR count). The Balaban J connectivity index is 3.30. The second-order valence-corrected chi connectivity index (χ2v) is 3.17. The predicted molar refractivity (Wildman–Crippen MR) is 52.2 cm³/mol. The van der Waals surface area contributed by atoms with Crippen LogP contribution in [0.15, 0.2) is 12.1 Å². The van der Waals surface area contributed by atoms with Gasteiger partial charge < -0.3 is 24.4 Å². The van der Waals surface area contributed by atoms with E-state index in [2.05, 4.69) is 0 Å². The van der Waals surface area contributed by atoms with Gasteiger partial charge in [-0.15, -0.1) is 5.46 Å². The van der Waals surface area contributed by atoms with E-state index in [4.69, 9.17) is 11.5 Å². The zero-order valence-corrected chi connectivity index (χ0v) is 7.73. The minimum atomic E-state index is -5.00. The quantitative estimate of drug-likeness (QED) is 0.558. The van der Waals surface area contributed by atoms with Crippen LogP contribution >= 0.6 is 0 Å². The maximum absolute atomic E-state index is 12.4. The number of nitrogen functional groups attached to an aromatic ring is 1. The van der Waals surface area contributed by atoms with E-state index in [0.29, 0.717) is 11.1 Å². The third kappa shape index (κ3) is 2.01. The van der Waals surface area contributed by atoms with Gasteiger partial charge in [0.15, 0.2) is 0 Å². The first kappa shape index (κ1) is 10.9. The molecular formula is C8H11BF3N2-. The number of halogens is 3. The third-order valence-corrected chi connectivity index (χ3v) is 2.18. The Morgan fingerprint density at radius 2 is 1.86 bits per heavy atom. The van der Waals surface area contributed by atoms with Crippen LogP contribution in [0, 0.1) is 6.92 Å². The Bertz CT molecular complexity index is 349. The largest absolute Gasteiger partial charge is 0.509 e. The molecule has 0 aliphatic heterocycles. The van der Waals surface area contributed by atoms with Gasteiger partial charge in [0.05, 0.1) is 0 Å². The molecule has 1 aromatic carbocycles. The first-order valence-electron chi connectivity index (χ1n) is 4.15. The fourth-order valence-electron chi connectivity index (χ4n) is 1.23. The Labute approximate surface area is 80.1 Å². The number of hydrogen-bond donors (Lipinski definition) is 2. The highest BCUT2D eigenvalue weighted by Gasteiger charge is 2.26. The first-order valence-corrected chi connectivity index (χ1v) is 4.15. The maximum Gasteiger partial charge on any atom is 0.509 e. The van der Waals surface area contributed by atoms with Gasteiger partial charge in [0.1, 0.15) is 0 Å². The Hall–Kier alpha value is -1.17. The van der Waals surface area contributed by atoms with Crippen molar-refractivity contribution in [1.29, 1.82) is 0 Å². The minimum absolute atomic E-state index is 0.0655. The van der Waals surface area contributed by atoms with Crippen molar-refractivity contribution in [3.05, 3.63) is 23.3 Å². The molecule has 78 valence electrons. The Morgan fingerprint density at radius 3 is 2.29 bits per heavy atom. The zero-order valence-electron chi connectivity index (χ0n) is 7.73. The second-order valence-electron chi connectivity index (χ2n) is 3.17. The van der Waals surface area contributed by atoms with Crippen molar-refractivity contribution < 1.29 is 12.9 Å². The van der Waals surface area contributed by atoms with Crippen molar-refractivity contribution in [1.82, 2.24) is 0 Å². The van der Waals surface area contributed by atoms with Gasteiger partial charge in [0.2, 0.25) is 0 Å². The van der Waals surface area contributed by atoms with Crippen LogP contribution in [0.5, 0.6) is 0 Å². The summed E-state index contributed by atoms with van der Waals surface area (Å²) >= 11 is 0. The zero-order chi connectivity index (χ0) is 10.9. The molecule has 0 aromatic heterocycles. The van der Waals surface area contributed by atoms with Gasteiger partial charge in [-0.1, -0.05) is 12.1 Å². The van der Waals surface area contributed by atoms with Gasteiger partial charge in [0.25, 0.3) is 0 Å². The van der Waals surface area contributed by atoms with Crippen molar-refractivity contribution in [3.8, 4) is 0 Å². The highest BCUT2D eigenvalue weighted by atomic mass is 19.4. The molecule has 0 saturated heterocycles. The topological polar surface area (TPSA) is 52.0 Å². The maximum atomic E-state index is 12.4. The van der Waals surface area contributed by atoms with Gasteiger partial charge in [-0.2, -0.15) is 0 Å². The summed E-state index contributed by atoms with van der Waals surface area (Å²) in [5, 5.41) is 0. The molecule has 0 saturated carbocycles. The number of nitrogens with two attached hydrogens (primary N) is 2. The molecule has 1 aromatic rings. The van der Waals surface area contributed by atoms with E-state index >= 15 is 0 Å². The molecule has 2 nitrogen and oxygen atoms in total. The van der Waals surface area contributed by atoms with E-state index in [0.717, 1.165) is 12.1 Å². The molecule has 4 N–H and O–H groups in total. The van der Waals surface area contributed by atoms with E-state index in [1.807, 2.05) is 0 Å². The SMILES string of the molecule is Cc1c(N)cc([B-](F)(F)F)cc1CN. The summed E-state index contributed by atoms with van der Waals surface area (Å²) in [4.78, 5) is 0. The summed E-state index contributed by atoms with van der Waals surface area (Å²) in [6.07, 6.45) is 0. The lowest BCUT2D eigenvalue weighted by molar-refractivity contribution is 0.501. The first-order chi connectivity index (χ1) is 6.36. The van der Waals surface area contributed by atoms with Gasteiger partial charge in [-0.05, 0) is 18.1 Å². The summed E-state index contributed by atoms with van der Waals surface area (Å²) in [5.74, 6) is 0. The average Bonchev–Trinajstić information content (AvgIpc) is 2.07. The molecule has 0 radical (unpaired) electrons. The second kappa shape index (κ2) is 3.53. The standard InChI is InChI=1S/C8H11BF3N2/c1-5-6(4-13)2-7(3-8(5)14)9(10,11)12/h2-3H,4,13-14H2,1H3/q-1. The van der Waals surface area contributed by atoms with Crippen molar-refractivity contribution in [2.24, 2.45) is 5.73 Å². The van der Waals surface area contributed by atoms with Crippen LogP contribution in [0.25, 0.3) is 0 Å². The van der Waals surface area contributed by atoms with Crippen LogP contribution < -0.4 is 16.9 Å². The Morgan fingerprint density at radius 1 is 1.29 bits per heavy atom. The van der Waals surface area contributed by atoms with Crippen LogP contribution in [0.3, 0.4) is 0 Å². The molecule has 6 heteroatoms. The lowest BCUT2D eigenvalue weighted by atomic mass is 9.78. The molecule has 0 atom stereocenters. The van der Waals surface area contributed by atoms with Gasteiger partial charge in [-0.3, -0.25) is 0 Å². The van der Waals surface area contributed by atoms with Crippen LogP contribution in [0.4, 0.5) is 18.6 Å². The summed E-state index contributed by atoms with van der Waals surface area (Å²) < 4.78 is 37.1. The number of anilines is 1. The summed E-state index contributed by atoms with van der Waals surface area (Å²) in [6.45, 7) is -3.28. The van der Waals surface area contributed by atoms with Crippen LogP contribution in [-0.4, -0.2) is 6.98 Å². The van der Waals surface area contributed by atoms with Crippen molar-refractivity contribution in [3.63, 3.8) is 0 Å². The van der Waals surface area contributed by atoms with Crippen molar-refractivity contribution in [2.45, 2.75) is 13.5 Å². The van der Waals surface area contributed by atoms with E-state index in [-0.39, 0.29) is 12.2 Å². The number of benzene rings is 1. The average molecular weight is 203 g/mol. The molecule has 0 aliphatic rings. The number of hydrogen-bond acceptors (Lipinski definition) is 2. The van der Waals surface area contributed by atoms with E-state index in [1.54, 1.807) is 6.92 Å². The summed E-state index contributed by atoms with van der Waals surface area (Å²) in [5.41, 5.74) is 11.3. The molecule has 0 unspecified atom stereocenters. The Kier molecular flexibility index (Phi) is 2.75. The van der Waals surface area contributed by atoms with Crippen LogP contribution in [-0.2, 0) is 6.54 Å². The molecule has 0 spiro atoms. The molecular weight excluding hydrogens is 192 g/mol. The molecule has 0 fully saturated rings. The third-order valence-electron chi connectivity index (χ3n) is 2.18. The van der Waals surface area contributed by atoms with Crippen molar-refractivity contribution >= 4 is 18.1 Å². The summed E-state index contributed by atoms with van der Waals surface area (Å²) in [6, 6.07) is 2.01.